The van der Waals surface area contributed by atoms with Gasteiger partial charge in [0.25, 0.3) is 5.91 Å². The summed E-state index contributed by atoms with van der Waals surface area (Å²) >= 11 is 0. The van der Waals surface area contributed by atoms with Gasteiger partial charge in [0, 0.05) is 19.2 Å². The van der Waals surface area contributed by atoms with Crippen molar-refractivity contribution >= 4 is 5.91 Å². The fraction of sp³-hybridized carbons (Fsp3) is 0.111. The Morgan fingerprint density at radius 1 is 1.05 bits per heavy atom. The predicted octanol–water partition coefficient (Wildman–Crippen LogP) is 3.02. The molecular formula is C18H17N3O. The number of aromatic nitrogens is 2. The molecule has 0 unspecified atom stereocenters. The van der Waals surface area contributed by atoms with Crippen molar-refractivity contribution in [1.29, 1.82) is 0 Å². The predicted molar refractivity (Wildman–Crippen MR) is 86.3 cm³/mol. The molecule has 0 saturated carbocycles. The average Bonchev–Trinajstić information content (AvgIpc) is 2.96. The first-order valence-corrected chi connectivity index (χ1v) is 7.15. The summed E-state index contributed by atoms with van der Waals surface area (Å²) in [5.74, 6) is -0.124. The van der Waals surface area contributed by atoms with Crippen LogP contribution in [-0.2, 0) is 13.6 Å². The van der Waals surface area contributed by atoms with E-state index in [1.807, 2.05) is 66.7 Å². The van der Waals surface area contributed by atoms with Crippen LogP contribution < -0.4 is 5.32 Å². The van der Waals surface area contributed by atoms with E-state index in [0.29, 0.717) is 12.2 Å². The maximum absolute atomic E-state index is 12.3. The lowest BCUT2D eigenvalue weighted by atomic mass is 10.1. The van der Waals surface area contributed by atoms with Gasteiger partial charge in [0.1, 0.15) is 5.69 Å². The van der Waals surface area contributed by atoms with Crippen LogP contribution in [0.5, 0.6) is 0 Å². The van der Waals surface area contributed by atoms with E-state index in [2.05, 4.69) is 10.4 Å². The minimum absolute atomic E-state index is 0.124. The summed E-state index contributed by atoms with van der Waals surface area (Å²) in [4.78, 5) is 12.3. The number of hydrogen-bond donors (Lipinski definition) is 1. The Balaban J connectivity index is 1.74. The standard InChI is InChI=1S/C18H17N3O/c1-21-17(12-16(20-21)15-10-6-3-7-11-15)18(22)19-13-14-8-4-2-5-9-14/h2-12H,13H2,1H3,(H,19,22). The van der Waals surface area contributed by atoms with Gasteiger partial charge in [0.15, 0.2) is 0 Å². The number of amides is 1. The molecule has 4 heteroatoms. The van der Waals surface area contributed by atoms with E-state index in [1.165, 1.54) is 0 Å². The van der Waals surface area contributed by atoms with Crippen molar-refractivity contribution in [1.82, 2.24) is 15.1 Å². The van der Waals surface area contributed by atoms with Gasteiger partial charge in [-0.25, -0.2) is 0 Å². The molecule has 0 spiro atoms. The van der Waals surface area contributed by atoms with Gasteiger partial charge in [-0.2, -0.15) is 5.10 Å². The zero-order valence-electron chi connectivity index (χ0n) is 12.4. The first-order valence-electron chi connectivity index (χ1n) is 7.15. The van der Waals surface area contributed by atoms with E-state index in [1.54, 1.807) is 11.7 Å². The lowest BCUT2D eigenvalue weighted by Gasteiger charge is -2.05. The first kappa shape index (κ1) is 14.1. The fourth-order valence-corrected chi connectivity index (χ4v) is 2.30. The monoisotopic (exact) mass is 291 g/mol. The lowest BCUT2D eigenvalue weighted by molar-refractivity contribution is 0.0941. The van der Waals surface area contributed by atoms with E-state index in [4.69, 9.17) is 0 Å². The largest absolute Gasteiger partial charge is 0.347 e. The van der Waals surface area contributed by atoms with Crippen molar-refractivity contribution in [2.75, 3.05) is 0 Å². The second kappa shape index (κ2) is 6.26. The molecule has 110 valence electrons. The highest BCUT2D eigenvalue weighted by Gasteiger charge is 2.13. The van der Waals surface area contributed by atoms with E-state index in [0.717, 1.165) is 16.8 Å². The topological polar surface area (TPSA) is 46.9 Å². The third-order valence-corrected chi connectivity index (χ3v) is 3.48. The van der Waals surface area contributed by atoms with Gasteiger partial charge in [-0.15, -0.1) is 0 Å². The summed E-state index contributed by atoms with van der Waals surface area (Å²) in [6.45, 7) is 0.505. The van der Waals surface area contributed by atoms with Gasteiger partial charge in [0.05, 0.1) is 5.69 Å². The smallest absolute Gasteiger partial charge is 0.269 e. The Morgan fingerprint density at radius 3 is 2.36 bits per heavy atom. The van der Waals surface area contributed by atoms with Crippen LogP contribution in [0.15, 0.2) is 66.7 Å². The molecule has 0 radical (unpaired) electrons. The molecule has 1 amide bonds. The molecular weight excluding hydrogens is 274 g/mol. The van der Waals surface area contributed by atoms with Gasteiger partial charge >= 0.3 is 0 Å². The number of carbonyl (C=O) groups is 1. The number of carbonyl (C=O) groups excluding carboxylic acids is 1. The van der Waals surface area contributed by atoms with Crippen molar-refractivity contribution < 1.29 is 4.79 Å². The molecule has 4 nitrogen and oxygen atoms in total. The maximum atomic E-state index is 12.3. The van der Waals surface area contributed by atoms with Crippen LogP contribution >= 0.6 is 0 Å². The Morgan fingerprint density at radius 2 is 1.68 bits per heavy atom. The van der Waals surface area contributed by atoms with E-state index in [9.17, 15) is 4.79 Å². The normalized spacial score (nSPS) is 10.4. The molecule has 0 fully saturated rings. The van der Waals surface area contributed by atoms with Crippen molar-refractivity contribution in [3.05, 3.63) is 78.0 Å². The molecule has 0 bridgehead atoms. The van der Waals surface area contributed by atoms with E-state index < -0.39 is 0 Å². The summed E-state index contributed by atoms with van der Waals surface area (Å²) < 4.78 is 1.61. The molecule has 0 atom stereocenters. The second-order valence-electron chi connectivity index (χ2n) is 5.07. The van der Waals surface area contributed by atoms with Crippen molar-refractivity contribution in [2.24, 2.45) is 7.05 Å². The zero-order valence-corrected chi connectivity index (χ0v) is 12.4. The summed E-state index contributed by atoms with van der Waals surface area (Å²) in [6, 6.07) is 21.5. The molecule has 22 heavy (non-hydrogen) atoms. The molecule has 1 heterocycles. The van der Waals surface area contributed by atoms with Gasteiger partial charge in [-0.3, -0.25) is 9.48 Å². The van der Waals surface area contributed by atoms with Crippen LogP contribution in [0.3, 0.4) is 0 Å². The van der Waals surface area contributed by atoms with Gasteiger partial charge < -0.3 is 5.32 Å². The number of aryl methyl sites for hydroxylation is 1. The highest BCUT2D eigenvalue weighted by molar-refractivity contribution is 5.93. The lowest BCUT2D eigenvalue weighted by Crippen LogP contribution is -2.25. The van der Waals surface area contributed by atoms with Crippen LogP contribution in [0.1, 0.15) is 16.1 Å². The quantitative estimate of drug-likeness (QED) is 0.803. The summed E-state index contributed by atoms with van der Waals surface area (Å²) in [5, 5.41) is 7.33. The van der Waals surface area contributed by atoms with Crippen LogP contribution in [-0.4, -0.2) is 15.7 Å². The summed E-state index contributed by atoms with van der Waals surface area (Å²) in [6.07, 6.45) is 0. The Bertz CT molecular complexity index is 764. The van der Waals surface area contributed by atoms with Gasteiger partial charge in [0.2, 0.25) is 0 Å². The first-order chi connectivity index (χ1) is 10.7. The molecule has 1 aromatic heterocycles. The highest BCUT2D eigenvalue weighted by atomic mass is 16.2. The molecule has 0 aliphatic heterocycles. The van der Waals surface area contributed by atoms with Crippen LogP contribution in [0.2, 0.25) is 0 Å². The average molecular weight is 291 g/mol. The Hall–Kier alpha value is -2.88. The Labute approximate surface area is 129 Å². The Kier molecular flexibility index (Phi) is 4.01. The van der Waals surface area contributed by atoms with Gasteiger partial charge in [-0.1, -0.05) is 60.7 Å². The van der Waals surface area contributed by atoms with Crippen molar-refractivity contribution in [2.45, 2.75) is 6.54 Å². The van der Waals surface area contributed by atoms with Gasteiger partial charge in [-0.05, 0) is 11.6 Å². The number of nitrogens with one attached hydrogen (secondary N) is 1. The summed E-state index contributed by atoms with van der Waals surface area (Å²) in [5.41, 5.74) is 3.42. The number of hydrogen-bond acceptors (Lipinski definition) is 2. The van der Waals surface area contributed by atoms with Crippen LogP contribution in [0.4, 0.5) is 0 Å². The third-order valence-electron chi connectivity index (χ3n) is 3.48. The molecule has 1 N–H and O–H groups in total. The minimum atomic E-state index is -0.124. The molecule has 0 aliphatic carbocycles. The highest BCUT2D eigenvalue weighted by Crippen LogP contribution is 2.18. The zero-order chi connectivity index (χ0) is 15.4. The number of rotatable bonds is 4. The maximum Gasteiger partial charge on any atom is 0.269 e. The van der Waals surface area contributed by atoms with Crippen molar-refractivity contribution in [3.8, 4) is 11.3 Å². The number of benzene rings is 2. The van der Waals surface area contributed by atoms with Crippen molar-refractivity contribution in [3.63, 3.8) is 0 Å². The summed E-state index contributed by atoms with van der Waals surface area (Å²) in [7, 11) is 1.78. The SMILES string of the molecule is Cn1nc(-c2ccccc2)cc1C(=O)NCc1ccccc1. The number of nitrogens with zero attached hydrogens (tertiary/aromatic N) is 2. The molecule has 0 aliphatic rings. The molecule has 2 aromatic carbocycles. The third kappa shape index (κ3) is 3.06. The minimum Gasteiger partial charge on any atom is -0.347 e. The van der Waals surface area contributed by atoms with Crippen LogP contribution in [0, 0.1) is 0 Å². The molecule has 0 saturated heterocycles. The molecule has 3 aromatic rings. The van der Waals surface area contributed by atoms with E-state index >= 15 is 0 Å². The fourth-order valence-electron chi connectivity index (χ4n) is 2.30. The molecule has 3 rings (SSSR count). The second-order valence-corrected chi connectivity index (χ2v) is 5.07. The van der Waals surface area contributed by atoms with E-state index in [-0.39, 0.29) is 5.91 Å². The van der Waals surface area contributed by atoms with Crippen LogP contribution in [0.25, 0.3) is 11.3 Å².